The highest BCUT2D eigenvalue weighted by atomic mass is 32.2. The molecular weight excluding hydrogens is 293 g/mol. The Balaban J connectivity index is 2.23. The van der Waals surface area contributed by atoms with E-state index in [4.69, 9.17) is 5.73 Å². The Morgan fingerprint density at radius 3 is 2.35 bits per heavy atom. The molecule has 20 heavy (non-hydrogen) atoms. The fourth-order valence-corrected chi connectivity index (χ4v) is 3.74. The quantitative estimate of drug-likeness (QED) is 0.852. The molecular formula is C12H15F3N2O2S. The summed E-state index contributed by atoms with van der Waals surface area (Å²) in [7, 11) is -3.89. The van der Waals surface area contributed by atoms with Crippen molar-refractivity contribution in [3.05, 3.63) is 24.3 Å². The van der Waals surface area contributed by atoms with Crippen molar-refractivity contribution < 1.29 is 21.6 Å². The number of benzene rings is 1. The third-order valence-corrected chi connectivity index (χ3v) is 5.24. The van der Waals surface area contributed by atoms with E-state index in [2.05, 4.69) is 0 Å². The van der Waals surface area contributed by atoms with Gasteiger partial charge in [-0.05, 0) is 37.1 Å². The van der Waals surface area contributed by atoms with Gasteiger partial charge < -0.3 is 5.73 Å². The summed E-state index contributed by atoms with van der Waals surface area (Å²) in [5, 5.41) is 0. The first kappa shape index (κ1) is 15.1. The molecule has 1 unspecified atom stereocenters. The van der Waals surface area contributed by atoms with Crippen LogP contribution in [-0.4, -0.2) is 32.0 Å². The Morgan fingerprint density at radius 2 is 1.80 bits per heavy atom. The lowest BCUT2D eigenvalue weighted by Crippen LogP contribution is -2.44. The molecule has 112 valence electrons. The van der Waals surface area contributed by atoms with Crippen LogP contribution in [0.25, 0.3) is 0 Å². The minimum Gasteiger partial charge on any atom is -0.399 e. The van der Waals surface area contributed by atoms with Crippen LogP contribution in [0.1, 0.15) is 12.8 Å². The van der Waals surface area contributed by atoms with E-state index >= 15 is 0 Å². The molecule has 1 aromatic rings. The Morgan fingerprint density at radius 1 is 1.20 bits per heavy atom. The molecule has 1 fully saturated rings. The van der Waals surface area contributed by atoms with Crippen LogP contribution in [-0.2, 0) is 10.0 Å². The predicted octanol–water partition coefficient (Wildman–Crippen LogP) is 2.23. The van der Waals surface area contributed by atoms with Gasteiger partial charge in [0.2, 0.25) is 10.0 Å². The molecule has 1 saturated heterocycles. The first-order chi connectivity index (χ1) is 9.21. The number of rotatable bonds is 2. The number of nitrogens with zero attached hydrogens (tertiary/aromatic N) is 1. The second kappa shape index (κ2) is 5.25. The second-order valence-electron chi connectivity index (χ2n) is 4.81. The third-order valence-electron chi connectivity index (χ3n) is 3.36. The lowest BCUT2D eigenvalue weighted by Gasteiger charge is -2.32. The van der Waals surface area contributed by atoms with Gasteiger partial charge in [0, 0.05) is 18.8 Å². The van der Waals surface area contributed by atoms with Crippen LogP contribution < -0.4 is 5.73 Å². The summed E-state index contributed by atoms with van der Waals surface area (Å²) in [6, 6.07) is 5.44. The molecule has 8 heteroatoms. The van der Waals surface area contributed by atoms with E-state index in [0.717, 1.165) is 4.31 Å². The van der Waals surface area contributed by atoms with E-state index in [-0.39, 0.29) is 24.3 Å². The van der Waals surface area contributed by atoms with Gasteiger partial charge >= 0.3 is 6.18 Å². The summed E-state index contributed by atoms with van der Waals surface area (Å²) >= 11 is 0. The van der Waals surface area contributed by atoms with Crippen LogP contribution in [0.5, 0.6) is 0 Å². The predicted molar refractivity (Wildman–Crippen MR) is 68.4 cm³/mol. The van der Waals surface area contributed by atoms with Gasteiger partial charge in [0.25, 0.3) is 0 Å². The lowest BCUT2D eigenvalue weighted by molar-refractivity contribution is -0.182. The Kier molecular flexibility index (Phi) is 3.97. The van der Waals surface area contributed by atoms with Crippen LogP contribution in [0.15, 0.2) is 29.2 Å². The standard InChI is InChI=1S/C12H15F3N2O2S/c13-12(14,15)9-2-1-7-17(8-9)20(18,19)11-5-3-10(16)4-6-11/h3-6,9H,1-2,7-8,16H2. The van der Waals surface area contributed by atoms with Gasteiger partial charge in [0.05, 0.1) is 10.8 Å². The molecule has 1 aliphatic heterocycles. The average Bonchev–Trinajstić information content (AvgIpc) is 2.38. The van der Waals surface area contributed by atoms with Gasteiger partial charge in [-0.15, -0.1) is 0 Å². The summed E-state index contributed by atoms with van der Waals surface area (Å²) in [5.41, 5.74) is 5.87. The Bertz CT molecular complexity index is 569. The van der Waals surface area contributed by atoms with Crippen molar-refractivity contribution in [1.82, 2.24) is 4.31 Å². The number of nitrogens with two attached hydrogens (primary N) is 1. The minimum absolute atomic E-state index is 0.0305. The highest BCUT2D eigenvalue weighted by Crippen LogP contribution is 2.34. The fourth-order valence-electron chi connectivity index (χ4n) is 2.22. The van der Waals surface area contributed by atoms with Crippen LogP contribution in [0.3, 0.4) is 0 Å². The van der Waals surface area contributed by atoms with Crippen molar-refractivity contribution in [3.8, 4) is 0 Å². The first-order valence-corrected chi connectivity index (χ1v) is 7.57. The largest absolute Gasteiger partial charge is 0.399 e. The molecule has 1 aromatic carbocycles. The van der Waals surface area contributed by atoms with Gasteiger partial charge in [-0.2, -0.15) is 17.5 Å². The zero-order valence-electron chi connectivity index (χ0n) is 10.6. The third kappa shape index (κ3) is 3.06. The van der Waals surface area contributed by atoms with Crippen molar-refractivity contribution in [1.29, 1.82) is 0 Å². The maximum absolute atomic E-state index is 12.7. The fraction of sp³-hybridized carbons (Fsp3) is 0.500. The molecule has 1 aliphatic rings. The number of hydrogen-bond donors (Lipinski definition) is 1. The van der Waals surface area contributed by atoms with Gasteiger partial charge in [0.15, 0.2) is 0 Å². The molecule has 2 N–H and O–H groups in total. The molecule has 0 saturated carbocycles. The Labute approximate surface area is 115 Å². The van der Waals surface area contributed by atoms with E-state index in [1.807, 2.05) is 0 Å². The zero-order valence-corrected chi connectivity index (χ0v) is 11.4. The SMILES string of the molecule is Nc1ccc(S(=O)(=O)N2CCCC(C(F)(F)F)C2)cc1. The van der Waals surface area contributed by atoms with E-state index < -0.39 is 28.7 Å². The highest BCUT2D eigenvalue weighted by Gasteiger charge is 2.44. The average molecular weight is 308 g/mol. The van der Waals surface area contributed by atoms with E-state index in [9.17, 15) is 21.6 Å². The van der Waals surface area contributed by atoms with Gasteiger partial charge in [-0.25, -0.2) is 8.42 Å². The number of alkyl halides is 3. The second-order valence-corrected chi connectivity index (χ2v) is 6.75. The van der Waals surface area contributed by atoms with Crippen molar-refractivity contribution >= 4 is 15.7 Å². The molecule has 0 aliphatic carbocycles. The normalized spacial score (nSPS) is 21.9. The maximum atomic E-state index is 12.7. The number of piperidine rings is 1. The van der Waals surface area contributed by atoms with Crippen molar-refractivity contribution in [2.24, 2.45) is 5.92 Å². The Hall–Kier alpha value is -1.28. The first-order valence-electron chi connectivity index (χ1n) is 6.13. The molecule has 1 heterocycles. The molecule has 0 radical (unpaired) electrons. The molecule has 2 rings (SSSR count). The van der Waals surface area contributed by atoms with Crippen molar-refractivity contribution in [3.63, 3.8) is 0 Å². The van der Waals surface area contributed by atoms with E-state index in [0.29, 0.717) is 5.69 Å². The smallest absolute Gasteiger partial charge is 0.393 e. The topological polar surface area (TPSA) is 63.4 Å². The maximum Gasteiger partial charge on any atom is 0.393 e. The summed E-state index contributed by atoms with van der Waals surface area (Å²) in [6.45, 7) is -0.407. The van der Waals surface area contributed by atoms with Crippen molar-refractivity contribution in [2.75, 3.05) is 18.8 Å². The zero-order chi connectivity index (χ0) is 15.0. The van der Waals surface area contributed by atoms with E-state index in [1.54, 1.807) is 0 Å². The number of hydrogen-bond acceptors (Lipinski definition) is 3. The molecule has 0 aromatic heterocycles. The van der Waals surface area contributed by atoms with Crippen LogP contribution in [0.2, 0.25) is 0 Å². The molecule has 0 amide bonds. The van der Waals surface area contributed by atoms with Gasteiger partial charge in [-0.1, -0.05) is 0 Å². The number of anilines is 1. The van der Waals surface area contributed by atoms with E-state index in [1.165, 1.54) is 24.3 Å². The van der Waals surface area contributed by atoms with Gasteiger partial charge in [0.1, 0.15) is 0 Å². The summed E-state index contributed by atoms with van der Waals surface area (Å²) in [4.78, 5) is -0.0328. The molecule has 4 nitrogen and oxygen atoms in total. The molecule has 0 spiro atoms. The minimum atomic E-state index is -4.37. The van der Waals surface area contributed by atoms with Crippen LogP contribution in [0.4, 0.5) is 18.9 Å². The molecule has 0 bridgehead atoms. The number of nitrogen functional groups attached to an aromatic ring is 1. The van der Waals surface area contributed by atoms with Crippen molar-refractivity contribution in [2.45, 2.75) is 23.9 Å². The van der Waals surface area contributed by atoms with Gasteiger partial charge in [-0.3, -0.25) is 0 Å². The monoisotopic (exact) mass is 308 g/mol. The van der Waals surface area contributed by atoms with Crippen LogP contribution >= 0.6 is 0 Å². The molecule has 1 atom stereocenters. The lowest BCUT2D eigenvalue weighted by atomic mass is 9.99. The number of sulfonamides is 1. The number of halogens is 3. The van der Waals surface area contributed by atoms with Crippen LogP contribution in [0, 0.1) is 5.92 Å². The summed E-state index contributed by atoms with van der Waals surface area (Å²) in [5.74, 6) is -1.60. The highest BCUT2D eigenvalue weighted by molar-refractivity contribution is 7.89. The summed E-state index contributed by atoms with van der Waals surface area (Å²) in [6.07, 6.45) is -4.19. The summed E-state index contributed by atoms with van der Waals surface area (Å²) < 4.78 is 63.6.